The molecule has 2 fully saturated rings. The Hall–Kier alpha value is -1.06. The minimum atomic E-state index is -0.882. The molecule has 3 atom stereocenters. The SMILES string of the molecule is CC(C)(CNC(=O)C1CC2CCC1C2)C(=O)O. The minimum Gasteiger partial charge on any atom is -0.481 e. The van der Waals surface area contributed by atoms with Crippen molar-refractivity contribution in [1.29, 1.82) is 0 Å². The van der Waals surface area contributed by atoms with Gasteiger partial charge in [0.15, 0.2) is 0 Å². The van der Waals surface area contributed by atoms with Crippen LogP contribution in [0.25, 0.3) is 0 Å². The number of hydrogen-bond acceptors (Lipinski definition) is 2. The molecule has 0 radical (unpaired) electrons. The van der Waals surface area contributed by atoms with Crippen LogP contribution >= 0.6 is 0 Å². The van der Waals surface area contributed by atoms with E-state index in [-0.39, 0.29) is 18.4 Å². The molecule has 0 aromatic heterocycles. The number of carbonyl (C=O) groups is 2. The average Bonchev–Trinajstić information content (AvgIpc) is 2.87. The van der Waals surface area contributed by atoms with Crippen molar-refractivity contribution in [2.45, 2.75) is 39.5 Å². The zero-order valence-electron chi connectivity index (χ0n) is 10.5. The van der Waals surface area contributed by atoms with E-state index in [1.54, 1.807) is 13.8 Å². The first-order chi connectivity index (χ1) is 7.90. The number of rotatable bonds is 4. The summed E-state index contributed by atoms with van der Waals surface area (Å²) in [5, 5.41) is 11.8. The summed E-state index contributed by atoms with van der Waals surface area (Å²) < 4.78 is 0. The van der Waals surface area contributed by atoms with Crippen LogP contribution < -0.4 is 5.32 Å². The second-order valence-electron chi connectivity index (χ2n) is 6.19. The molecule has 3 unspecified atom stereocenters. The molecule has 1 amide bonds. The van der Waals surface area contributed by atoms with E-state index in [1.165, 1.54) is 19.3 Å². The molecule has 2 saturated carbocycles. The largest absolute Gasteiger partial charge is 0.481 e. The first-order valence-corrected chi connectivity index (χ1v) is 6.41. The molecule has 0 saturated heterocycles. The highest BCUT2D eigenvalue weighted by Gasteiger charge is 2.43. The first-order valence-electron chi connectivity index (χ1n) is 6.41. The van der Waals surface area contributed by atoms with Crippen LogP contribution in [0.15, 0.2) is 0 Å². The minimum absolute atomic E-state index is 0.0616. The van der Waals surface area contributed by atoms with Crippen molar-refractivity contribution in [2.75, 3.05) is 6.54 Å². The van der Waals surface area contributed by atoms with Crippen LogP contribution in [0.2, 0.25) is 0 Å². The molecule has 4 nitrogen and oxygen atoms in total. The van der Waals surface area contributed by atoms with E-state index in [1.807, 2.05) is 0 Å². The van der Waals surface area contributed by atoms with Crippen LogP contribution in [0.5, 0.6) is 0 Å². The van der Waals surface area contributed by atoms with Crippen LogP contribution in [0.4, 0.5) is 0 Å². The van der Waals surface area contributed by atoms with Crippen molar-refractivity contribution in [3.8, 4) is 0 Å². The number of carbonyl (C=O) groups excluding carboxylic acids is 1. The van der Waals surface area contributed by atoms with E-state index < -0.39 is 11.4 Å². The third kappa shape index (κ3) is 2.45. The van der Waals surface area contributed by atoms with Gasteiger partial charge in [-0.25, -0.2) is 0 Å². The Kier molecular flexibility index (Phi) is 3.15. The van der Waals surface area contributed by atoms with Gasteiger partial charge in [-0.1, -0.05) is 6.42 Å². The van der Waals surface area contributed by atoms with Crippen molar-refractivity contribution >= 4 is 11.9 Å². The van der Waals surface area contributed by atoms with Gasteiger partial charge < -0.3 is 10.4 Å². The van der Waals surface area contributed by atoms with E-state index in [0.717, 1.165) is 12.3 Å². The van der Waals surface area contributed by atoms with Crippen molar-refractivity contribution in [1.82, 2.24) is 5.32 Å². The summed E-state index contributed by atoms with van der Waals surface area (Å²) >= 11 is 0. The topological polar surface area (TPSA) is 66.4 Å². The second kappa shape index (κ2) is 4.31. The van der Waals surface area contributed by atoms with Gasteiger partial charge in [0.05, 0.1) is 5.41 Å². The Bertz CT molecular complexity index is 338. The molecule has 0 aromatic rings. The molecule has 96 valence electrons. The molecule has 2 bridgehead atoms. The molecular formula is C13H21NO3. The number of nitrogens with one attached hydrogen (secondary N) is 1. The number of fused-ring (bicyclic) bond motifs is 2. The van der Waals surface area contributed by atoms with Gasteiger partial charge >= 0.3 is 5.97 Å². The lowest BCUT2D eigenvalue weighted by atomic mass is 9.87. The highest BCUT2D eigenvalue weighted by Crippen LogP contribution is 2.48. The Morgan fingerprint density at radius 1 is 1.29 bits per heavy atom. The Labute approximate surface area is 102 Å². The van der Waals surface area contributed by atoms with Gasteiger partial charge in [0.2, 0.25) is 5.91 Å². The second-order valence-corrected chi connectivity index (χ2v) is 6.19. The molecular weight excluding hydrogens is 218 g/mol. The predicted octanol–water partition coefficient (Wildman–Crippen LogP) is 1.65. The molecule has 2 aliphatic rings. The Morgan fingerprint density at radius 2 is 2.00 bits per heavy atom. The first kappa shape index (κ1) is 12.4. The highest BCUT2D eigenvalue weighted by molar-refractivity contribution is 5.81. The van der Waals surface area contributed by atoms with Gasteiger partial charge in [0.1, 0.15) is 0 Å². The van der Waals surface area contributed by atoms with Crippen molar-refractivity contribution in [2.24, 2.45) is 23.2 Å². The monoisotopic (exact) mass is 239 g/mol. The lowest BCUT2D eigenvalue weighted by molar-refractivity contribution is -0.147. The van der Waals surface area contributed by atoms with Crippen LogP contribution in [0.1, 0.15) is 39.5 Å². The Morgan fingerprint density at radius 3 is 2.47 bits per heavy atom. The molecule has 2 rings (SSSR count). The number of hydrogen-bond donors (Lipinski definition) is 2. The summed E-state index contributed by atoms with van der Waals surface area (Å²) in [5.41, 5.74) is -0.882. The van der Waals surface area contributed by atoms with E-state index >= 15 is 0 Å². The quantitative estimate of drug-likeness (QED) is 0.784. The van der Waals surface area contributed by atoms with Gasteiger partial charge in [-0.3, -0.25) is 9.59 Å². The number of carboxylic acid groups (broad SMARTS) is 1. The molecule has 0 spiro atoms. The van der Waals surface area contributed by atoms with Crippen molar-refractivity contribution < 1.29 is 14.7 Å². The molecule has 2 N–H and O–H groups in total. The third-order valence-corrected chi connectivity index (χ3v) is 4.36. The van der Waals surface area contributed by atoms with Crippen LogP contribution in [-0.4, -0.2) is 23.5 Å². The van der Waals surface area contributed by atoms with Crippen LogP contribution in [0.3, 0.4) is 0 Å². The molecule has 0 aromatic carbocycles. The summed E-state index contributed by atoms with van der Waals surface area (Å²) in [7, 11) is 0. The summed E-state index contributed by atoms with van der Waals surface area (Å²) in [6.45, 7) is 3.49. The lowest BCUT2D eigenvalue weighted by Gasteiger charge is -2.24. The molecule has 2 aliphatic carbocycles. The standard InChI is InChI=1S/C13H21NO3/c1-13(2,12(16)17)7-14-11(15)10-6-8-3-4-9(10)5-8/h8-10H,3-7H2,1-2H3,(H,14,15)(H,16,17). The molecule has 0 heterocycles. The molecule has 17 heavy (non-hydrogen) atoms. The van der Waals surface area contributed by atoms with Gasteiger partial charge in [-0.05, 0) is 44.9 Å². The smallest absolute Gasteiger partial charge is 0.310 e. The van der Waals surface area contributed by atoms with E-state index in [0.29, 0.717) is 5.92 Å². The third-order valence-electron chi connectivity index (χ3n) is 4.36. The fourth-order valence-corrected chi connectivity index (χ4v) is 3.08. The Balaban J connectivity index is 1.84. The number of aliphatic carboxylic acids is 1. The maximum Gasteiger partial charge on any atom is 0.310 e. The summed E-state index contributed by atoms with van der Waals surface area (Å²) in [6, 6.07) is 0. The van der Waals surface area contributed by atoms with E-state index in [4.69, 9.17) is 5.11 Å². The summed E-state index contributed by atoms with van der Waals surface area (Å²) in [6.07, 6.45) is 4.64. The summed E-state index contributed by atoms with van der Waals surface area (Å²) in [5.74, 6) is 0.617. The van der Waals surface area contributed by atoms with Gasteiger partial charge in [0, 0.05) is 12.5 Å². The number of amides is 1. The zero-order valence-corrected chi connectivity index (χ0v) is 10.5. The lowest BCUT2D eigenvalue weighted by Crippen LogP contribution is -2.42. The fraction of sp³-hybridized carbons (Fsp3) is 0.846. The fourth-order valence-electron chi connectivity index (χ4n) is 3.08. The zero-order chi connectivity index (χ0) is 12.6. The van der Waals surface area contributed by atoms with Gasteiger partial charge in [-0.15, -0.1) is 0 Å². The van der Waals surface area contributed by atoms with E-state index in [2.05, 4.69) is 5.32 Å². The van der Waals surface area contributed by atoms with Gasteiger partial charge in [0.25, 0.3) is 0 Å². The maximum atomic E-state index is 12.0. The maximum absolute atomic E-state index is 12.0. The number of carboxylic acids is 1. The average molecular weight is 239 g/mol. The van der Waals surface area contributed by atoms with E-state index in [9.17, 15) is 9.59 Å². The summed E-state index contributed by atoms with van der Waals surface area (Å²) in [4.78, 5) is 22.9. The van der Waals surface area contributed by atoms with Crippen LogP contribution in [-0.2, 0) is 9.59 Å². The highest BCUT2D eigenvalue weighted by atomic mass is 16.4. The van der Waals surface area contributed by atoms with Crippen molar-refractivity contribution in [3.05, 3.63) is 0 Å². The van der Waals surface area contributed by atoms with Gasteiger partial charge in [-0.2, -0.15) is 0 Å². The molecule has 0 aliphatic heterocycles. The normalized spacial score (nSPS) is 31.5. The van der Waals surface area contributed by atoms with Crippen LogP contribution in [0, 0.1) is 23.2 Å². The molecule has 4 heteroatoms. The predicted molar refractivity (Wildman–Crippen MR) is 63.4 cm³/mol. The van der Waals surface area contributed by atoms with Crippen molar-refractivity contribution in [3.63, 3.8) is 0 Å².